The second-order valence-corrected chi connectivity index (χ2v) is 6.13. The SMILES string of the molecule is CSCCCc1ccc(O)c(CCCSC)c1. The van der Waals surface area contributed by atoms with E-state index in [-0.39, 0.29) is 0 Å². The number of phenolic OH excluding ortho intramolecular Hbond substituents is 1. The fraction of sp³-hybridized carbons (Fsp3) is 0.571. The molecular formula is C14H22OS2. The van der Waals surface area contributed by atoms with Crippen LogP contribution in [0, 0.1) is 0 Å². The summed E-state index contributed by atoms with van der Waals surface area (Å²) in [5, 5.41) is 9.79. The third-order valence-corrected chi connectivity index (χ3v) is 4.15. The van der Waals surface area contributed by atoms with Crippen LogP contribution in [0.4, 0.5) is 0 Å². The smallest absolute Gasteiger partial charge is 0.118 e. The molecule has 1 N–H and O–H groups in total. The van der Waals surface area contributed by atoms with Crippen LogP contribution in [0.25, 0.3) is 0 Å². The largest absolute Gasteiger partial charge is 0.508 e. The predicted octanol–water partition coefficient (Wildman–Crippen LogP) is 3.98. The van der Waals surface area contributed by atoms with Crippen molar-refractivity contribution in [3.8, 4) is 5.75 Å². The van der Waals surface area contributed by atoms with E-state index in [9.17, 15) is 5.11 Å². The first-order valence-electron chi connectivity index (χ1n) is 6.06. The van der Waals surface area contributed by atoms with Crippen LogP contribution >= 0.6 is 23.5 Å². The number of hydrogen-bond acceptors (Lipinski definition) is 3. The molecule has 0 bridgehead atoms. The topological polar surface area (TPSA) is 20.2 Å². The lowest BCUT2D eigenvalue weighted by atomic mass is 10.0. The maximum Gasteiger partial charge on any atom is 0.118 e. The van der Waals surface area contributed by atoms with Crippen molar-refractivity contribution in [2.75, 3.05) is 24.0 Å². The van der Waals surface area contributed by atoms with Crippen LogP contribution in [0.5, 0.6) is 5.75 Å². The molecule has 1 aromatic rings. The summed E-state index contributed by atoms with van der Waals surface area (Å²) in [5.74, 6) is 2.83. The third kappa shape index (κ3) is 5.73. The molecule has 0 spiro atoms. The quantitative estimate of drug-likeness (QED) is 0.721. The van der Waals surface area contributed by atoms with Gasteiger partial charge in [-0.15, -0.1) is 0 Å². The van der Waals surface area contributed by atoms with Gasteiger partial charge in [0.15, 0.2) is 0 Å². The summed E-state index contributed by atoms with van der Waals surface area (Å²) >= 11 is 3.76. The molecule has 0 aromatic heterocycles. The molecule has 0 radical (unpaired) electrons. The van der Waals surface area contributed by atoms with E-state index in [1.807, 2.05) is 35.7 Å². The Hall–Kier alpha value is -0.280. The minimum atomic E-state index is 0.458. The van der Waals surface area contributed by atoms with Gasteiger partial charge in [-0.2, -0.15) is 23.5 Å². The second kappa shape index (κ2) is 8.76. The van der Waals surface area contributed by atoms with Crippen molar-refractivity contribution in [1.82, 2.24) is 0 Å². The van der Waals surface area contributed by atoms with Gasteiger partial charge in [0, 0.05) is 0 Å². The van der Waals surface area contributed by atoms with Crippen molar-refractivity contribution in [3.05, 3.63) is 29.3 Å². The molecule has 0 unspecified atom stereocenters. The monoisotopic (exact) mass is 270 g/mol. The van der Waals surface area contributed by atoms with Gasteiger partial charge in [0.05, 0.1) is 0 Å². The van der Waals surface area contributed by atoms with Gasteiger partial charge in [0.1, 0.15) is 5.75 Å². The molecule has 3 heteroatoms. The van der Waals surface area contributed by atoms with E-state index in [1.54, 1.807) is 0 Å². The first-order chi connectivity index (χ1) is 8.27. The van der Waals surface area contributed by atoms with Gasteiger partial charge in [-0.3, -0.25) is 0 Å². The number of hydrogen-bond donors (Lipinski definition) is 1. The summed E-state index contributed by atoms with van der Waals surface area (Å²) < 4.78 is 0. The second-order valence-electron chi connectivity index (χ2n) is 4.16. The average molecular weight is 270 g/mol. The summed E-state index contributed by atoms with van der Waals surface area (Å²) in [7, 11) is 0. The summed E-state index contributed by atoms with van der Waals surface area (Å²) in [4.78, 5) is 0. The zero-order valence-electron chi connectivity index (χ0n) is 10.7. The fourth-order valence-corrected chi connectivity index (χ4v) is 2.69. The Morgan fingerprint density at radius 2 is 1.65 bits per heavy atom. The molecule has 1 aromatic carbocycles. The highest BCUT2D eigenvalue weighted by atomic mass is 32.2. The van der Waals surface area contributed by atoms with Crippen LogP contribution in [-0.2, 0) is 12.8 Å². The molecule has 0 fully saturated rings. The Balaban J connectivity index is 2.53. The molecule has 96 valence electrons. The van der Waals surface area contributed by atoms with Crippen molar-refractivity contribution in [3.63, 3.8) is 0 Å². The van der Waals surface area contributed by atoms with Crippen molar-refractivity contribution in [2.24, 2.45) is 0 Å². The number of benzene rings is 1. The fourth-order valence-electron chi connectivity index (χ4n) is 1.82. The number of phenols is 1. The summed E-state index contributed by atoms with van der Waals surface area (Å²) in [6.07, 6.45) is 8.74. The molecule has 1 nitrogen and oxygen atoms in total. The Morgan fingerprint density at radius 1 is 1.00 bits per heavy atom. The van der Waals surface area contributed by atoms with Crippen LogP contribution in [0.3, 0.4) is 0 Å². The predicted molar refractivity (Wildman–Crippen MR) is 81.5 cm³/mol. The highest BCUT2D eigenvalue weighted by Gasteiger charge is 2.03. The zero-order valence-corrected chi connectivity index (χ0v) is 12.4. The van der Waals surface area contributed by atoms with Crippen molar-refractivity contribution >= 4 is 23.5 Å². The lowest BCUT2D eigenvalue weighted by Crippen LogP contribution is -1.93. The molecule has 0 aliphatic carbocycles. The highest BCUT2D eigenvalue weighted by Crippen LogP contribution is 2.21. The number of rotatable bonds is 8. The van der Waals surface area contributed by atoms with Crippen LogP contribution in [0.15, 0.2) is 18.2 Å². The van der Waals surface area contributed by atoms with Crippen molar-refractivity contribution in [1.29, 1.82) is 0 Å². The molecule has 0 saturated carbocycles. The van der Waals surface area contributed by atoms with E-state index in [2.05, 4.69) is 18.6 Å². The number of aromatic hydroxyl groups is 1. The van der Waals surface area contributed by atoms with Crippen molar-refractivity contribution in [2.45, 2.75) is 25.7 Å². The zero-order chi connectivity index (χ0) is 12.5. The van der Waals surface area contributed by atoms with Crippen LogP contribution in [0.2, 0.25) is 0 Å². The van der Waals surface area contributed by atoms with Gasteiger partial charge >= 0.3 is 0 Å². The summed E-state index contributed by atoms with van der Waals surface area (Å²) in [6.45, 7) is 0. The van der Waals surface area contributed by atoms with Crippen LogP contribution in [0.1, 0.15) is 24.0 Å². The molecule has 17 heavy (non-hydrogen) atoms. The lowest BCUT2D eigenvalue weighted by Gasteiger charge is -2.07. The highest BCUT2D eigenvalue weighted by molar-refractivity contribution is 7.98. The molecule has 0 aliphatic rings. The van der Waals surface area contributed by atoms with Gasteiger partial charge in [0.25, 0.3) is 0 Å². The third-order valence-electron chi connectivity index (χ3n) is 2.75. The molecule has 0 atom stereocenters. The minimum Gasteiger partial charge on any atom is -0.508 e. The van der Waals surface area contributed by atoms with Gasteiger partial charge in [0.2, 0.25) is 0 Å². The maximum atomic E-state index is 9.79. The van der Waals surface area contributed by atoms with Gasteiger partial charge in [-0.05, 0) is 66.9 Å². The lowest BCUT2D eigenvalue weighted by molar-refractivity contribution is 0.467. The van der Waals surface area contributed by atoms with Crippen LogP contribution < -0.4 is 0 Å². The minimum absolute atomic E-state index is 0.458. The first kappa shape index (κ1) is 14.8. The molecule has 0 heterocycles. The van der Waals surface area contributed by atoms with Gasteiger partial charge in [-0.1, -0.05) is 12.1 Å². The van der Waals surface area contributed by atoms with Gasteiger partial charge < -0.3 is 5.11 Å². The maximum absolute atomic E-state index is 9.79. The van der Waals surface area contributed by atoms with E-state index < -0.39 is 0 Å². The van der Waals surface area contributed by atoms with Crippen LogP contribution in [-0.4, -0.2) is 29.1 Å². The van der Waals surface area contributed by atoms with E-state index in [4.69, 9.17) is 0 Å². The van der Waals surface area contributed by atoms with Gasteiger partial charge in [-0.25, -0.2) is 0 Å². The first-order valence-corrected chi connectivity index (χ1v) is 8.85. The Labute approximate surface area is 113 Å². The molecule has 0 aliphatic heterocycles. The van der Waals surface area contributed by atoms with E-state index in [0.29, 0.717) is 5.75 Å². The van der Waals surface area contributed by atoms with E-state index >= 15 is 0 Å². The van der Waals surface area contributed by atoms with Crippen molar-refractivity contribution < 1.29 is 5.11 Å². The molecular weight excluding hydrogens is 248 g/mol. The standard InChI is InChI=1S/C14H22OS2/c1-16-9-3-5-12-7-8-14(15)13(11-12)6-4-10-17-2/h7-8,11,15H,3-6,9-10H2,1-2H3. The number of aryl methyl sites for hydroxylation is 2. The average Bonchev–Trinajstić information content (AvgIpc) is 2.33. The Morgan fingerprint density at radius 3 is 2.29 bits per heavy atom. The Kier molecular flexibility index (Phi) is 7.62. The Bertz CT molecular complexity index is 326. The molecule has 0 saturated heterocycles. The van der Waals surface area contributed by atoms with E-state index in [1.165, 1.54) is 17.7 Å². The molecule has 0 amide bonds. The summed E-state index contributed by atoms with van der Waals surface area (Å²) in [5.41, 5.74) is 2.47. The number of thioether (sulfide) groups is 2. The van der Waals surface area contributed by atoms with E-state index in [0.717, 1.165) is 30.6 Å². The normalized spacial score (nSPS) is 10.7. The summed E-state index contributed by atoms with van der Waals surface area (Å²) in [6, 6.07) is 6.08. The molecule has 1 rings (SSSR count).